The maximum absolute atomic E-state index is 12.0. The van der Waals surface area contributed by atoms with E-state index in [1.165, 1.54) is 0 Å². The van der Waals surface area contributed by atoms with E-state index in [9.17, 15) is 4.79 Å². The van der Waals surface area contributed by atoms with E-state index >= 15 is 0 Å². The van der Waals surface area contributed by atoms with E-state index in [0.29, 0.717) is 12.2 Å². The highest BCUT2D eigenvalue weighted by Gasteiger charge is 2.18. The fourth-order valence-corrected chi connectivity index (χ4v) is 2.36. The molecule has 0 bridgehead atoms. The lowest BCUT2D eigenvalue weighted by atomic mass is 10.2. The van der Waals surface area contributed by atoms with E-state index in [4.69, 9.17) is 10.5 Å². The van der Waals surface area contributed by atoms with Crippen LogP contribution in [0, 0.1) is 6.92 Å². The molecule has 2 rings (SSSR count). The third-order valence-electron chi connectivity index (χ3n) is 3.52. The molecule has 1 amide bonds. The van der Waals surface area contributed by atoms with Gasteiger partial charge in [0.25, 0.3) is 0 Å². The van der Waals surface area contributed by atoms with Gasteiger partial charge in [0.15, 0.2) is 0 Å². The van der Waals surface area contributed by atoms with Crippen molar-refractivity contribution in [3.63, 3.8) is 0 Å². The highest BCUT2D eigenvalue weighted by atomic mass is 16.5. The largest absolute Gasteiger partial charge is 0.398 e. The number of carbonyl (C=O) groups excluding carboxylic acids is 1. The number of anilines is 2. The number of likely N-dealkylation sites (N-methyl/N-ethyl adjacent to an activating group) is 1. The first-order valence-corrected chi connectivity index (χ1v) is 7.00. The number of aryl methyl sites for hydroxylation is 1. The van der Waals surface area contributed by atoms with Crippen molar-refractivity contribution in [2.24, 2.45) is 0 Å². The number of ether oxygens (including phenoxy) is 1. The molecule has 1 saturated heterocycles. The van der Waals surface area contributed by atoms with Crippen LogP contribution in [-0.4, -0.2) is 43.7 Å². The maximum atomic E-state index is 12.0. The van der Waals surface area contributed by atoms with Gasteiger partial charge in [0.05, 0.1) is 12.6 Å². The summed E-state index contributed by atoms with van der Waals surface area (Å²) in [5.74, 6) is -0.0336. The molecule has 1 aromatic rings. The number of hydrogen-bond acceptors (Lipinski definition) is 4. The predicted molar refractivity (Wildman–Crippen MR) is 80.7 cm³/mol. The predicted octanol–water partition coefficient (Wildman–Crippen LogP) is 1.63. The van der Waals surface area contributed by atoms with Crippen molar-refractivity contribution in [2.75, 3.05) is 37.8 Å². The summed E-state index contributed by atoms with van der Waals surface area (Å²) in [6.45, 7) is 3.93. The SMILES string of the molecule is Cc1ccc(NC(=O)CN(C)CC2CCCO2)cc1N. The summed E-state index contributed by atoms with van der Waals surface area (Å²) < 4.78 is 5.56. The number of hydrogen-bond donors (Lipinski definition) is 2. The minimum Gasteiger partial charge on any atom is -0.398 e. The monoisotopic (exact) mass is 277 g/mol. The van der Waals surface area contributed by atoms with Gasteiger partial charge >= 0.3 is 0 Å². The number of nitrogens with two attached hydrogens (primary N) is 1. The fraction of sp³-hybridized carbons (Fsp3) is 0.533. The topological polar surface area (TPSA) is 67.6 Å². The Morgan fingerprint density at radius 1 is 1.55 bits per heavy atom. The molecule has 0 aromatic heterocycles. The molecule has 1 aliphatic rings. The normalized spacial score (nSPS) is 18.4. The molecule has 20 heavy (non-hydrogen) atoms. The van der Waals surface area contributed by atoms with Gasteiger partial charge in [0.2, 0.25) is 5.91 Å². The van der Waals surface area contributed by atoms with Gasteiger partial charge in [-0.05, 0) is 44.5 Å². The zero-order valence-electron chi connectivity index (χ0n) is 12.2. The van der Waals surface area contributed by atoms with E-state index < -0.39 is 0 Å². The first-order valence-electron chi connectivity index (χ1n) is 7.00. The molecule has 110 valence electrons. The summed E-state index contributed by atoms with van der Waals surface area (Å²) in [6, 6.07) is 5.55. The quantitative estimate of drug-likeness (QED) is 0.803. The van der Waals surface area contributed by atoms with Crippen LogP contribution in [0.1, 0.15) is 18.4 Å². The Hall–Kier alpha value is -1.59. The maximum Gasteiger partial charge on any atom is 0.238 e. The number of rotatable bonds is 5. The van der Waals surface area contributed by atoms with Gasteiger partial charge in [0.1, 0.15) is 0 Å². The summed E-state index contributed by atoms with van der Waals surface area (Å²) in [7, 11) is 1.94. The molecule has 0 aliphatic carbocycles. The first kappa shape index (κ1) is 14.8. The lowest BCUT2D eigenvalue weighted by Gasteiger charge is -2.20. The molecule has 5 heteroatoms. The van der Waals surface area contributed by atoms with Crippen molar-refractivity contribution < 1.29 is 9.53 Å². The molecule has 3 N–H and O–H groups in total. The Morgan fingerprint density at radius 2 is 2.35 bits per heavy atom. The molecule has 0 saturated carbocycles. The Labute approximate surface area is 120 Å². The number of nitrogen functional groups attached to an aromatic ring is 1. The molecule has 1 fully saturated rings. The van der Waals surface area contributed by atoms with Gasteiger partial charge in [-0.2, -0.15) is 0 Å². The highest BCUT2D eigenvalue weighted by Crippen LogP contribution is 2.17. The minimum atomic E-state index is -0.0336. The summed E-state index contributed by atoms with van der Waals surface area (Å²) >= 11 is 0. The standard InChI is InChI=1S/C15H23N3O2/c1-11-5-6-12(8-14(11)16)17-15(19)10-18(2)9-13-4-3-7-20-13/h5-6,8,13H,3-4,7,9-10,16H2,1-2H3,(H,17,19). The number of amides is 1. The van der Waals surface area contributed by atoms with Crippen molar-refractivity contribution in [3.8, 4) is 0 Å². The Balaban J connectivity index is 1.80. The summed E-state index contributed by atoms with van der Waals surface area (Å²) in [4.78, 5) is 13.9. The highest BCUT2D eigenvalue weighted by molar-refractivity contribution is 5.92. The smallest absolute Gasteiger partial charge is 0.238 e. The molecule has 1 unspecified atom stereocenters. The van der Waals surface area contributed by atoms with Gasteiger partial charge in [0, 0.05) is 24.5 Å². The average molecular weight is 277 g/mol. The van der Waals surface area contributed by atoms with Crippen molar-refractivity contribution in [1.82, 2.24) is 4.90 Å². The summed E-state index contributed by atoms with van der Waals surface area (Å²) in [6.07, 6.45) is 2.47. The summed E-state index contributed by atoms with van der Waals surface area (Å²) in [5.41, 5.74) is 8.27. The van der Waals surface area contributed by atoms with Crippen LogP contribution in [0.25, 0.3) is 0 Å². The van der Waals surface area contributed by atoms with Gasteiger partial charge in [-0.3, -0.25) is 9.69 Å². The minimum absolute atomic E-state index is 0.0336. The van der Waals surface area contributed by atoms with Crippen molar-refractivity contribution in [2.45, 2.75) is 25.9 Å². The number of nitrogens with one attached hydrogen (secondary N) is 1. The zero-order chi connectivity index (χ0) is 14.5. The second-order valence-electron chi connectivity index (χ2n) is 5.45. The molecule has 1 aliphatic heterocycles. The number of nitrogens with zero attached hydrogens (tertiary/aromatic N) is 1. The van der Waals surface area contributed by atoms with E-state index in [0.717, 1.165) is 37.2 Å². The Bertz CT molecular complexity index is 470. The second kappa shape index (κ2) is 6.72. The molecule has 0 radical (unpaired) electrons. The Morgan fingerprint density at radius 3 is 3.00 bits per heavy atom. The lowest BCUT2D eigenvalue weighted by molar-refractivity contribution is -0.117. The molecular formula is C15H23N3O2. The molecular weight excluding hydrogens is 254 g/mol. The lowest BCUT2D eigenvalue weighted by Crippen LogP contribution is -2.35. The molecule has 5 nitrogen and oxygen atoms in total. The van der Waals surface area contributed by atoms with E-state index in [1.807, 2.05) is 31.0 Å². The van der Waals surface area contributed by atoms with Crippen LogP contribution in [0.3, 0.4) is 0 Å². The van der Waals surface area contributed by atoms with Crippen LogP contribution in [-0.2, 0) is 9.53 Å². The van der Waals surface area contributed by atoms with Gasteiger partial charge < -0.3 is 15.8 Å². The van der Waals surface area contributed by atoms with E-state index in [-0.39, 0.29) is 12.0 Å². The first-order chi connectivity index (χ1) is 9.54. The van der Waals surface area contributed by atoms with Crippen molar-refractivity contribution in [1.29, 1.82) is 0 Å². The molecule has 0 spiro atoms. The van der Waals surface area contributed by atoms with Crippen molar-refractivity contribution in [3.05, 3.63) is 23.8 Å². The third-order valence-corrected chi connectivity index (χ3v) is 3.52. The van der Waals surface area contributed by atoms with Crippen LogP contribution in [0.4, 0.5) is 11.4 Å². The van der Waals surface area contributed by atoms with Crippen LogP contribution >= 0.6 is 0 Å². The fourth-order valence-electron chi connectivity index (χ4n) is 2.36. The Kier molecular flexibility index (Phi) is 4.98. The van der Waals surface area contributed by atoms with Crippen LogP contribution in [0.2, 0.25) is 0 Å². The summed E-state index contributed by atoms with van der Waals surface area (Å²) in [5, 5.41) is 2.86. The van der Waals surface area contributed by atoms with E-state index in [2.05, 4.69) is 5.32 Å². The number of carbonyl (C=O) groups is 1. The van der Waals surface area contributed by atoms with Gasteiger partial charge in [-0.25, -0.2) is 0 Å². The van der Waals surface area contributed by atoms with E-state index in [1.54, 1.807) is 6.07 Å². The van der Waals surface area contributed by atoms with Crippen LogP contribution in [0.5, 0.6) is 0 Å². The van der Waals surface area contributed by atoms with Gasteiger partial charge in [-0.1, -0.05) is 6.07 Å². The van der Waals surface area contributed by atoms with Gasteiger partial charge in [-0.15, -0.1) is 0 Å². The number of benzene rings is 1. The van der Waals surface area contributed by atoms with Crippen LogP contribution < -0.4 is 11.1 Å². The zero-order valence-corrected chi connectivity index (χ0v) is 12.2. The molecule has 1 atom stereocenters. The average Bonchev–Trinajstić information content (AvgIpc) is 2.86. The molecule has 1 aromatic carbocycles. The van der Waals surface area contributed by atoms with Crippen LogP contribution in [0.15, 0.2) is 18.2 Å². The third kappa shape index (κ3) is 4.21. The molecule has 1 heterocycles. The second-order valence-corrected chi connectivity index (χ2v) is 5.45. The van der Waals surface area contributed by atoms with Crippen molar-refractivity contribution >= 4 is 17.3 Å².